The largest absolute Gasteiger partial charge is 0.465 e. The van der Waals surface area contributed by atoms with Crippen molar-refractivity contribution in [2.24, 2.45) is 17.6 Å². The van der Waals surface area contributed by atoms with Gasteiger partial charge in [-0.2, -0.15) is 0 Å². The fraction of sp³-hybridized carbons (Fsp3) is 0.636. The van der Waals surface area contributed by atoms with Gasteiger partial charge in [0.25, 0.3) is 0 Å². The van der Waals surface area contributed by atoms with Crippen molar-refractivity contribution in [3.8, 4) is 0 Å². The fourth-order valence-corrected chi connectivity index (χ4v) is 5.20. The third kappa shape index (κ3) is 3.85. The van der Waals surface area contributed by atoms with Gasteiger partial charge in [-0.15, -0.1) is 0 Å². The fourth-order valence-electron chi connectivity index (χ4n) is 5.20. The number of ether oxygens (including phenoxy) is 1. The summed E-state index contributed by atoms with van der Waals surface area (Å²) in [6, 6.07) is 5.08. The lowest BCUT2D eigenvalue weighted by molar-refractivity contribution is -0.118. The molecule has 2 heterocycles. The molecule has 1 aromatic rings. The minimum absolute atomic E-state index is 0.190. The first-order valence-corrected chi connectivity index (χ1v) is 10.7. The van der Waals surface area contributed by atoms with E-state index in [1.165, 1.54) is 4.90 Å². The van der Waals surface area contributed by atoms with Crippen LogP contribution in [0.1, 0.15) is 51.0 Å². The highest BCUT2D eigenvalue weighted by Crippen LogP contribution is 2.47. The monoisotopic (exact) mass is 401 g/mol. The molecule has 2 aliphatic heterocycles. The van der Waals surface area contributed by atoms with Crippen LogP contribution in [0.25, 0.3) is 0 Å². The number of amides is 2. The van der Waals surface area contributed by atoms with Crippen molar-refractivity contribution < 1.29 is 19.4 Å². The maximum Gasteiger partial charge on any atom is 0.411 e. The zero-order chi connectivity index (χ0) is 20.6. The van der Waals surface area contributed by atoms with E-state index in [4.69, 9.17) is 10.5 Å². The number of nitrogens with one attached hydrogen (secondary N) is 1. The Kier molecular flexibility index (Phi) is 5.53. The average molecular weight is 402 g/mol. The minimum Gasteiger partial charge on any atom is -0.465 e. The first-order chi connectivity index (χ1) is 13.9. The van der Waals surface area contributed by atoms with Crippen LogP contribution in [0, 0.1) is 11.8 Å². The zero-order valence-electron chi connectivity index (χ0n) is 17.0. The Morgan fingerprint density at radius 1 is 1.24 bits per heavy atom. The summed E-state index contributed by atoms with van der Waals surface area (Å²) in [5.74, 6) is 0.726. The zero-order valence-corrected chi connectivity index (χ0v) is 17.0. The van der Waals surface area contributed by atoms with E-state index in [1.807, 2.05) is 12.1 Å². The van der Waals surface area contributed by atoms with Crippen LogP contribution in [0.15, 0.2) is 18.2 Å². The molecule has 7 heteroatoms. The molecule has 1 spiro atoms. The molecule has 1 unspecified atom stereocenters. The summed E-state index contributed by atoms with van der Waals surface area (Å²) in [5, 5.41) is 12.6. The predicted molar refractivity (Wildman–Crippen MR) is 111 cm³/mol. The van der Waals surface area contributed by atoms with Crippen LogP contribution in [0.5, 0.6) is 0 Å². The van der Waals surface area contributed by atoms with Crippen LogP contribution in [0.3, 0.4) is 0 Å². The van der Waals surface area contributed by atoms with E-state index in [0.29, 0.717) is 37.1 Å². The number of rotatable bonds is 3. The van der Waals surface area contributed by atoms with Crippen LogP contribution in [0.4, 0.5) is 16.2 Å². The molecule has 3 aliphatic rings. The van der Waals surface area contributed by atoms with Gasteiger partial charge >= 0.3 is 6.09 Å². The molecule has 2 fully saturated rings. The van der Waals surface area contributed by atoms with Gasteiger partial charge in [-0.05, 0) is 55.2 Å². The second-order valence-electron chi connectivity index (χ2n) is 9.03. The maximum atomic E-state index is 12.7. The lowest BCUT2D eigenvalue weighted by atomic mass is 9.76. The van der Waals surface area contributed by atoms with Crippen LogP contribution in [-0.2, 0) is 14.9 Å². The molecule has 4 rings (SSSR count). The van der Waals surface area contributed by atoms with E-state index >= 15 is 0 Å². The maximum absolute atomic E-state index is 12.7. The quantitative estimate of drug-likeness (QED) is 0.721. The number of benzene rings is 1. The average Bonchev–Trinajstić information content (AvgIpc) is 3.02. The molecule has 1 aromatic carbocycles. The molecule has 4 N–H and O–H groups in total. The highest BCUT2D eigenvalue weighted by molar-refractivity contribution is 5.97. The van der Waals surface area contributed by atoms with Crippen LogP contribution in [0.2, 0.25) is 0 Å². The van der Waals surface area contributed by atoms with Crippen molar-refractivity contribution in [3.05, 3.63) is 23.8 Å². The molecule has 1 atom stereocenters. The summed E-state index contributed by atoms with van der Waals surface area (Å²) in [4.78, 5) is 26.0. The van der Waals surface area contributed by atoms with Crippen molar-refractivity contribution in [2.75, 3.05) is 30.0 Å². The topological polar surface area (TPSA) is 105 Å². The number of hydrogen-bond donors (Lipinski definition) is 3. The van der Waals surface area contributed by atoms with E-state index in [0.717, 1.165) is 44.1 Å². The molecule has 1 aliphatic carbocycles. The summed E-state index contributed by atoms with van der Waals surface area (Å²) >= 11 is 0. The van der Waals surface area contributed by atoms with Crippen LogP contribution < -0.4 is 16.0 Å². The third-order valence-corrected chi connectivity index (χ3v) is 7.14. The standard InChI is InChI=1S/C22H31N3O4/c1-14-2-4-15(5-3-14)19(23)20(26)24-16-6-7-17-18(12-16)25(21(27)28)13-22(17)8-10-29-11-9-22/h6-7,12,14-15,19H,2-5,8-11,13,23H2,1H3,(H,24,26)(H,27,28). The summed E-state index contributed by atoms with van der Waals surface area (Å²) < 4.78 is 5.50. The number of anilines is 2. The molecule has 7 nitrogen and oxygen atoms in total. The van der Waals surface area contributed by atoms with Crippen LogP contribution in [-0.4, -0.2) is 42.9 Å². The van der Waals surface area contributed by atoms with E-state index in [2.05, 4.69) is 12.2 Å². The summed E-state index contributed by atoms with van der Waals surface area (Å²) in [5.41, 5.74) is 8.36. The van der Waals surface area contributed by atoms with Gasteiger partial charge in [-0.25, -0.2) is 4.79 Å². The molecular formula is C22H31N3O4. The number of carbonyl (C=O) groups is 2. The summed E-state index contributed by atoms with van der Waals surface area (Å²) in [7, 11) is 0. The van der Waals surface area contributed by atoms with Gasteiger partial charge in [-0.3, -0.25) is 9.69 Å². The second-order valence-corrected chi connectivity index (χ2v) is 9.03. The van der Waals surface area contributed by atoms with Crippen molar-refractivity contribution >= 4 is 23.4 Å². The minimum atomic E-state index is -0.967. The Bertz CT molecular complexity index is 782. The molecule has 29 heavy (non-hydrogen) atoms. The molecule has 158 valence electrons. The summed E-state index contributed by atoms with van der Waals surface area (Å²) in [6.45, 7) is 3.96. The Labute approximate surface area is 171 Å². The highest BCUT2D eigenvalue weighted by Gasteiger charge is 2.45. The smallest absolute Gasteiger partial charge is 0.411 e. The van der Waals surface area contributed by atoms with Gasteiger partial charge in [0, 0.05) is 30.9 Å². The van der Waals surface area contributed by atoms with E-state index in [-0.39, 0.29) is 17.2 Å². The number of fused-ring (bicyclic) bond motifs is 2. The van der Waals surface area contributed by atoms with Gasteiger partial charge < -0.3 is 20.9 Å². The molecule has 1 saturated carbocycles. The molecule has 0 bridgehead atoms. The third-order valence-electron chi connectivity index (χ3n) is 7.14. The lowest BCUT2D eigenvalue weighted by Gasteiger charge is -2.33. The first kappa shape index (κ1) is 20.2. The SMILES string of the molecule is CC1CCC(C(N)C(=O)Nc2ccc3c(c2)N(C(=O)O)CC32CCOCC2)CC1. The van der Waals surface area contributed by atoms with Gasteiger partial charge in [-0.1, -0.05) is 25.8 Å². The van der Waals surface area contributed by atoms with E-state index in [9.17, 15) is 14.7 Å². The van der Waals surface area contributed by atoms with Gasteiger partial charge in [0.1, 0.15) is 0 Å². The lowest BCUT2D eigenvalue weighted by Crippen LogP contribution is -2.43. The normalized spacial score (nSPS) is 26.8. The van der Waals surface area contributed by atoms with Crippen molar-refractivity contribution in [3.63, 3.8) is 0 Å². The van der Waals surface area contributed by atoms with Gasteiger partial charge in [0.05, 0.1) is 11.7 Å². The van der Waals surface area contributed by atoms with E-state index in [1.54, 1.807) is 6.07 Å². The number of nitrogens with two attached hydrogens (primary N) is 1. The number of carbonyl (C=O) groups excluding carboxylic acids is 1. The van der Waals surface area contributed by atoms with Gasteiger partial charge in [0.2, 0.25) is 5.91 Å². The molecule has 2 amide bonds. The Morgan fingerprint density at radius 3 is 2.59 bits per heavy atom. The Balaban J connectivity index is 1.52. The number of hydrogen-bond acceptors (Lipinski definition) is 4. The van der Waals surface area contributed by atoms with Gasteiger partial charge in [0.15, 0.2) is 0 Å². The van der Waals surface area contributed by atoms with E-state index < -0.39 is 12.1 Å². The predicted octanol–water partition coefficient (Wildman–Crippen LogP) is 3.32. The molecular weight excluding hydrogens is 370 g/mol. The van der Waals surface area contributed by atoms with Crippen LogP contribution >= 0.6 is 0 Å². The Morgan fingerprint density at radius 2 is 1.93 bits per heavy atom. The molecule has 0 aromatic heterocycles. The molecule has 1 saturated heterocycles. The highest BCUT2D eigenvalue weighted by atomic mass is 16.5. The Hall–Kier alpha value is -2.12. The number of nitrogens with zero attached hydrogens (tertiary/aromatic N) is 1. The first-order valence-electron chi connectivity index (χ1n) is 10.7. The molecule has 0 radical (unpaired) electrons. The van der Waals surface area contributed by atoms with Crippen molar-refractivity contribution in [2.45, 2.75) is 56.9 Å². The summed E-state index contributed by atoms with van der Waals surface area (Å²) in [6.07, 6.45) is 4.84. The number of carboxylic acid groups (broad SMARTS) is 1. The van der Waals surface area contributed by atoms with Crippen molar-refractivity contribution in [1.82, 2.24) is 0 Å². The second kappa shape index (κ2) is 7.95. The van der Waals surface area contributed by atoms with Crippen molar-refractivity contribution in [1.29, 1.82) is 0 Å².